The number of thioether (sulfide) groups is 1. The number of aromatic nitrogens is 1. The maximum atomic E-state index is 9.54. The Morgan fingerprint density at radius 2 is 2.20 bits per heavy atom. The normalized spacial score (nSPS) is 12.8. The van der Waals surface area contributed by atoms with Gasteiger partial charge in [0.15, 0.2) is 0 Å². The Labute approximate surface area is 95.3 Å². The minimum atomic E-state index is -0.317. The molecule has 0 radical (unpaired) electrons. The van der Waals surface area contributed by atoms with E-state index < -0.39 is 0 Å². The van der Waals surface area contributed by atoms with Crippen LogP contribution in [0.25, 0.3) is 0 Å². The number of likely N-dealkylation sites (N-methyl/N-ethyl adjacent to an activating group) is 1. The molecule has 84 valence electrons. The van der Waals surface area contributed by atoms with Gasteiger partial charge in [-0.3, -0.25) is 0 Å². The lowest BCUT2D eigenvalue weighted by Crippen LogP contribution is -2.25. The monoisotopic (exact) mass is 226 g/mol. The van der Waals surface area contributed by atoms with Crippen molar-refractivity contribution in [2.75, 3.05) is 19.3 Å². The van der Waals surface area contributed by atoms with Gasteiger partial charge < -0.3 is 10.4 Å². The molecule has 4 heteroatoms. The van der Waals surface area contributed by atoms with Crippen LogP contribution < -0.4 is 5.32 Å². The SMILES string of the molecule is CNCC(O)CSc1cc(C)cc(C)n1. The molecule has 0 aromatic carbocycles. The Hall–Kier alpha value is -0.580. The summed E-state index contributed by atoms with van der Waals surface area (Å²) in [6.07, 6.45) is -0.317. The Kier molecular flexibility index (Phi) is 5.08. The van der Waals surface area contributed by atoms with Gasteiger partial charge >= 0.3 is 0 Å². The van der Waals surface area contributed by atoms with Crippen molar-refractivity contribution in [3.8, 4) is 0 Å². The molecule has 0 amide bonds. The molecule has 3 nitrogen and oxygen atoms in total. The van der Waals surface area contributed by atoms with E-state index in [0.717, 1.165) is 10.7 Å². The lowest BCUT2D eigenvalue weighted by Gasteiger charge is -2.09. The van der Waals surface area contributed by atoms with Crippen LogP contribution in [0, 0.1) is 13.8 Å². The van der Waals surface area contributed by atoms with Crippen molar-refractivity contribution in [2.45, 2.75) is 25.0 Å². The molecule has 0 aliphatic carbocycles. The summed E-state index contributed by atoms with van der Waals surface area (Å²) < 4.78 is 0. The van der Waals surface area contributed by atoms with Crippen LogP contribution in [0.1, 0.15) is 11.3 Å². The van der Waals surface area contributed by atoms with E-state index in [4.69, 9.17) is 0 Å². The van der Waals surface area contributed by atoms with Gasteiger partial charge in [0.25, 0.3) is 0 Å². The fourth-order valence-corrected chi connectivity index (χ4v) is 2.31. The van der Waals surface area contributed by atoms with Crippen LogP contribution in [0.2, 0.25) is 0 Å². The summed E-state index contributed by atoms with van der Waals surface area (Å²) in [5.74, 6) is 0.677. The number of pyridine rings is 1. The molecule has 1 rings (SSSR count). The van der Waals surface area contributed by atoms with Crippen LogP contribution >= 0.6 is 11.8 Å². The van der Waals surface area contributed by atoms with Gasteiger partial charge in [0.05, 0.1) is 11.1 Å². The molecule has 1 heterocycles. The first-order chi connectivity index (χ1) is 7.11. The van der Waals surface area contributed by atoms with E-state index in [0.29, 0.717) is 12.3 Å². The summed E-state index contributed by atoms with van der Waals surface area (Å²) >= 11 is 1.60. The van der Waals surface area contributed by atoms with E-state index in [1.807, 2.05) is 26.1 Å². The summed E-state index contributed by atoms with van der Waals surface area (Å²) in [5, 5.41) is 13.5. The van der Waals surface area contributed by atoms with Crippen molar-refractivity contribution < 1.29 is 5.11 Å². The van der Waals surface area contributed by atoms with Crippen molar-refractivity contribution in [3.63, 3.8) is 0 Å². The number of nitrogens with one attached hydrogen (secondary N) is 1. The zero-order valence-corrected chi connectivity index (χ0v) is 10.3. The van der Waals surface area contributed by atoms with Gasteiger partial charge in [0.2, 0.25) is 0 Å². The molecule has 0 fully saturated rings. The molecule has 1 aromatic heterocycles. The Bertz CT molecular complexity index is 297. The van der Waals surface area contributed by atoms with Crippen LogP contribution in [0.15, 0.2) is 17.2 Å². The highest BCUT2D eigenvalue weighted by molar-refractivity contribution is 7.99. The highest BCUT2D eigenvalue weighted by Crippen LogP contribution is 2.18. The number of hydrogen-bond donors (Lipinski definition) is 2. The predicted molar refractivity (Wildman–Crippen MR) is 64.4 cm³/mol. The summed E-state index contributed by atoms with van der Waals surface area (Å²) in [5.41, 5.74) is 2.24. The fraction of sp³-hybridized carbons (Fsp3) is 0.545. The van der Waals surface area contributed by atoms with Crippen molar-refractivity contribution in [1.29, 1.82) is 0 Å². The Morgan fingerprint density at radius 3 is 2.80 bits per heavy atom. The molecule has 0 aliphatic heterocycles. The average molecular weight is 226 g/mol. The van der Waals surface area contributed by atoms with E-state index in [-0.39, 0.29) is 6.10 Å². The number of nitrogens with zero attached hydrogens (tertiary/aromatic N) is 1. The van der Waals surface area contributed by atoms with Crippen LogP contribution in [-0.4, -0.2) is 35.5 Å². The molecular weight excluding hydrogens is 208 g/mol. The van der Waals surface area contributed by atoms with Gasteiger partial charge in [-0.2, -0.15) is 0 Å². The fourth-order valence-electron chi connectivity index (χ4n) is 1.35. The minimum Gasteiger partial charge on any atom is -0.391 e. The first-order valence-electron chi connectivity index (χ1n) is 5.02. The highest BCUT2D eigenvalue weighted by atomic mass is 32.2. The van der Waals surface area contributed by atoms with Crippen LogP contribution in [0.4, 0.5) is 0 Å². The quantitative estimate of drug-likeness (QED) is 0.744. The zero-order valence-electron chi connectivity index (χ0n) is 9.45. The third-order valence-corrected chi connectivity index (χ3v) is 2.99. The highest BCUT2D eigenvalue weighted by Gasteiger charge is 2.05. The van der Waals surface area contributed by atoms with E-state index >= 15 is 0 Å². The molecule has 1 aromatic rings. The van der Waals surface area contributed by atoms with Gasteiger partial charge in [-0.1, -0.05) is 0 Å². The smallest absolute Gasteiger partial charge is 0.0966 e. The number of aliphatic hydroxyl groups is 1. The second kappa shape index (κ2) is 6.10. The van der Waals surface area contributed by atoms with Gasteiger partial charge in [-0.05, 0) is 38.6 Å². The van der Waals surface area contributed by atoms with E-state index in [9.17, 15) is 5.11 Å². The predicted octanol–water partition coefficient (Wildman–Crippen LogP) is 1.37. The third kappa shape index (κ3) is 4.64. The van der Waals surface area contributed by atoms with Gasteiger partial charge in [-0.15, -0.1) is 11.8 Å². The van der Waals surface area contributed by atoms with Gasteiger partial charge in [0, 0.05) is 18.0 Å². The molecular formula is C11H18N2OS. The first kappa shape index (κ1) is 12.5. The second-order valence-electron chi connectivity index (χ2n) is 3.65. The molecule has 1 unspecified atom stereocenters. The lowest BCUT2D eigenvalue weighted by atomic mass is 10.3. The molecule has 0 saturated carbocycles. The van der Waals surface area contributed by atoms with E-state index in [1.165, 1.54) is 5.56 Å². The Balaban J connectivity index is 2.50. The Morgan fingerprint density at radius 1 is 1.47 bits per heavy atom. The molecule has 15 heavy (non-hydrogen) atoms. The molecule has 0 saturated heterocycles. The van der Waals surface area contributed by atoms with Crippen molar-refractivity contribution in [3.05, 3.63) is 23.4 Å². The topological polar surface area (TPSA) is 45.1 Å². The molecule has 2 N–H and O–H groups in total. The molecule has 0 aliphatic rings. The summed E-state index contributed by atoms with van der Waals surface area (Å²) in [4.78, 5) is 4.40. The van der Waals surface area contributed by atoms with Crippen molar-refractivity contribution in [1.82, 2.24) is 10.3 Å². The zero-order chi connectivity index (χ0) is 11.3. The first-order valence-corrected chi connectivity index (χ1v) is 6.01. The van der Waals surface area contributed by atoms with E-state index in [2.05, 4.69) is 17.2 Å². The van der Waals surface area contributed by atoms with Crippen molar-refractivity contribution in [2.24, 2.45) is 0 Å². The number of aliphatic hydroxyl groups excluding tert-OH is 1. The van der Waals surface area contributed by atoms with Gasteiger partial charge in [0.1, 0.15) is 0 Å². The van der Waals surface area contributed by atoms with Crippen molar-refractivity contribution >= 4 is 11.8 Å². The minimum absolute atomic E-state index is 0.317. The van der Waals surface area contributed by atoms with Gasteiger partial charge in [-0.25, -0.2) is 4.98 Å². The molecule has 0 spiro atoms. The third-order valence-electron chi connectivity index (χ3n) is 1.94. The molecule has 1 atom stereocenters. The van der Waals surface area contributed by atoms with Crippen LogP contribution in [0.3, 0.4) is 0 Å². The standard InChI is InChI=1S/C11H18N2OS/c1-8-4-9(2)13-11(5-8)15-7-10(14)6-12-3/h4-5,10,12,14H,6-7H2,1-3H3. The maximum Gasteiger partial charge on any atom is 0.0966 e. The summed E-state index contributed by atoms with van der Waals surface area (Å²) in [6.45, 7) is 4.67. The number of aryl methyl sites for hydroxylation is 2. The molecule has 0 bridgehead atoms. The average Bonchev–Trinajstić information content (AvgIpc) is 2.14. The summed E-state index contributed by atoms with van der Waals surface area (Å²) in [7, 11) is 1.84. The van der Waals surface area contributed by atoms with Crippen LogP contribution in [0.5, 0.6) is 0 Å². The summed E-state index contributed by atoms with van der Waals surface area (Å²) in [6, 6.07) is 4.10. The number of rotatable bonds is 5. The van der Waals surface area contributed by atoms with Crippen LogP contribution in [-0.2, 0) is 0 Å². The number of hydrogen-bond acceptors (Lipinski definition) is 4. The largest absolute Gasteiger partial charge is 0.391 e. The van der Waals surface area contributed by atoms with E-state index in [1.54, 1.807) is 11.8 Å². The lowest BCUT2D eigenvalue weighted by molar-refractivity contribution is 0.199. The maximum absolute atomic E-state index is 9.54. The second-order valence-corrected chi connectivity index (χ2v) is 4.69.